The molecule has 0 saturated carbocycles. The Hall–Kier alpha value is -2.10. The second kappa shape index (κ2) is 5.12. The molecule has 0 amide bonds. The molecule has 1 saturated heterocycles. The highest BCUT2D eigenvalue weighted by atomic mass is 16.4. The minimum absolute atomic E-state index is 0.0693. The summed E-state index contributed by atoms with van der Waals surface area (Å²) >= 11 is 0. The first-order valence-electron chi connectivity index (χ1n) is 7.00. The van der Waals surface area contributed by atoms with Crippen molar-refractivity contribution in [2.24, 2.45) is 0 Å². The Morgan fingerprint density at radius 3 is 3.05 bits per heavy atom. The van der Waals surface area contributed by atoms with Gasteiger partial charge in [-0.05, 0) is 37.5 Å². The van der Waals surface area contributed by atoms with Crippen molar-refractivity contribution in [2.45, 2.75) is 32.2 Å². The summed E-state index contributed by atoms with van der Waals surface area (Å²) in [5.74, 6) is 0.202. The lowest BCUT2D eigenvalue weighted by molar-refractivity contribution is -0.137. The van der Waals surface area contributed by atoms with Gasteiger partial charge in [0.1, 0.15) is 5.82 Å². The number of aryl methyl sites for hydroxylation is 1. The minimum Gasteiger partial charge on any atom is -0.481 e. The maximum absolute atomic E-state index is 11.0. The van der Waals surface area contributed by atoms with E-state index in [9.17, 15) is 4.79 Å². The van der Waals surface area contributed by atoms with Crippen LogP contribution < -0.4 is 4.90 Å². The monoisotopic (exact) mass is 270 g/mol. The number of carboxylic acid groups (broad SMARTS) is 1. The molecule has 0 spiro atoms. The van der Waals surface area contributed by atoms with Crippen LogP contribution in [0.25, 0.3) is 10.9 Å². The van der Waals surface area contributed by atoms with Gasteiger partial charge in [-0.3, -0.25) is 4.79 Å². The molecule has 1 aliphatic rings. The fraction of sp³-hybridized carbons (Fsp3) is 0.375. The molecule has 2 heterocycles. The molecule has 4 heteroatoms. The number of aromatic nitrogens is 1. The number of carbonyl (C=O) groups is 1. The maximum Gasteiger partial charge on any atom is 0.305 e. The second-order valence-corrected chi connectivity index (χ2v) is 5.41. The summed E-state index contributed by atoms with van der Waals surface area (Å²) in [5, 5.41) is 10.2. The van der Waals surface area contributed by atoms with Crippen molar-refractivity contribution in [3.63, 3.8) is 0 Å². The van der Waals surface area contributed by atoms with E-state index < -0.39 is 5.97 Å². The standard InChI is InChI=1S/C16H18N2O2/c1-11-9-12-5-2-3-7-14(12)17-16(11)18-8-4-6-13(18)10-15(19)20/h2-3,5,7,9,13H,4,6,8,10H2,1H3,(H,19,20). The largest absolute Gasteiger partial charge is 0.481 e. The van der Waals surface area contributed by atoms with E-state index in [1.54, 1.807) is 0 Å². The van der Waals surface area contributed by atoms with Gasteiger partial charge in [-0.1, -0.05) is 18.2 Å². The van der Waals surface area contributed by atoms with Crippen LogP contribution in [0.5, 0.6) is 0 Å². The number of fused-ring (bicyclic) bond motifs is 1. The Morgan fingerprint density at radius 2 is 2.25 bits per heavy atom. The first-order chi connectivity index (χ1) is 9.65. The van der Waals surface area contributed by atoms with Gasteiger partial charge >= 0.3 is 5.97 Å². The number of rotatable bonds is 3. The summed E-state index contributed by atoms with van der Waals surface area (Å²) in [7, 11) is 0. The van der Waals surface area contributed by atoms with Gasteiger partial charge < -0.3 is 10.0 Å². The Labute approximate surface area is 118 Å². The molecule has 104 valence electrons. The van der Waals surface area contributed by atoms with Crippen LogP contribution in [-0.2, 0) is 4.79 Å². The molecule has 1 aromatic heterocycles. The Bertz CT molecular complexity index is 654. The second-order valence-electron chi connectivity index (χ2n) is 5.41. The third-order valence-electron chi connectivity index (χ3n) is 3.95. The molecule has 1 aliphatic heterocycles. The zero-order chi connectivity index (χ0) is 14.1. The number of para-hydroxylation sites is 1. The quantitative estimate of drug-likeness (QED) is 0.931. The van der Waals surface area contributed by atoms with E-state index in [0.717, 1.165) is 41.7 Å². The molecular formula is C16H18N2O2. The lowest BCUT2D eigenvalue weighted by Crippen LogP contribution is -2.32. The van der Waals surface area contributed by atoms with Gasteiger partial charge in [-0.15, -0.1) is 0 Å². The van der Waals surface area contributed by atoms with Crippen LogP contribution in [0.4, 0.5) is 5.82 Å². The third-order valence-corrected chi connectivity index (χ3v) is 3.95. The molecule has 4 nitrogen and oxygen atoms in total. The smallest absolute Gasteiger partial charge is 0.305 e. The molecule has 1 atom stereocenters. The van der Waals surface area contributed by atoms with Gasteiger partial charge in [-0.25, -0.2) is 4.98 Å². The van der Waals surface area contributed by atoms with Gasteiger partial charge in [0.2, 0.25) is 0 Å². The summed E-state index contributed by atoms with van der Waals surface area (Å²) in [6.45, 7) is 2.94. The average molecular weight is 270 g/mol. The minimum atomic E-state index is -0.736. The zero-order valence-corrected chi connectivity index (χ0v) is 11.5. The molecular weight excluding hydrogens is 252 g/mol. The zero-order valence-electron chi connectivity index (χ0n) is 11.5. The van der Waals surface area contributed by atoms with E-state index in [1.165, 1.54) is 0 Å². The molecule has 1 N–H and O–H groups in total. The van der Waals surface area contributed by atoms with Crippen molar-refractivity contribution < 1.29 is 9.90 Å². The van der Waals surface area contributed by atoms with Crippen LogP contribution in [0, 0.1) is 6.92 Å². The number of benzene rings is 1. The number of hydrogen-bond donors (Lipinski definition) is 1. The number of pyridine rings is 1. The summed E-state index contributed by atoms with van der Waals surface area (Å²) in [4.78, 5) is 17.9. The molecule has 1 unspecified atom stereocenters. The molecule has 1 fully saturated rings. The van der Waals surface area contributed by atoms with Crippen molar-refractivity contribution in [3.8, 4) is 0 Å². The number of nitrogens with zero attached hydrogens (tertiary/aromatic N) is 2. The molecule has 0 aliphatic carbocycles. The van der Waals surface area contributed by atoms with Gasteiger partial charge in [0.15, 0.2) is 0 Å². The van der Waals surface area contributed by atoms with Crippen LogP contribution >= 0.6 is 0 Å². The predicted molar refractivity (Wildman–Crippen MR) is 79.1 cm³/mol. The number of anilines is 1. The van der Waals surface area contributed by atoms with Crippen LogP contribution in [-0.4, -0.2) is 28.6 Å². The SMILES string of the molecule is Cc1cc2ccccc2nc1N1CCCC1CC(=O)O. The predicted octanol–water partition coefficient (Wildman–Crippen LogP) is 2.99. The highest BCUT2D eigenvalue weighted by molar-refractivity contribution is 5.82. The van der Waals surface area contributed by atoms with Gasteiger partial charge in [0.05, 0.1) is 11.9 Å². The Kier molecular flexibility index (Phi) is 3.30. The van der Waals surface area contributed by atoms with E-state index >= 15 is 0 Å². The fourth-order valence-electron chi connectivity index (χ4n) is 3.03. The molecule has 2 aromatic rings. The highest BCUT2D eigenvalue weighted by Gasteiger charge is 2.28. The molecule has 1 aromatic carbocycles. The summed E-state index contributed by atoms with van der Waals surface area (Å²) < 4.78 is 0. The topological polar surface area (TPSA) is 53.4 Å². The van der Waals surface area contributed by atoms with Crippen molar-refractivity contribution >= 4 is 22.7 Å². The lowest BCUT2D eigenvalue weighted by atomic mass is 10.1. The van der Waals surface area contributed by atoms with Crippen molar-refractivity contribution in [1.82, 2.24) is 4.98 Å². The summed E-state index contributed by atoms with van der Waals surface area (Å²) in [6.07, 6.45) is 2.15. The van der Waals surface area contributed by atoms with Gasteiger partial charge in [-0.2, -0.15) is 0 Å². The molecule has 20 heavy (non-hydrogen) atoms. The van der Waals surface area contributed by atoms with Crippen molar-refractivity contribution in [2.75, 3.05) is 11.4 Å². The van der Waals surface area contributed by atoms with E-state index in [0.29, 0.717) is 0 Å². The summed E-state index contributed by atoms with van der Waals surface area (Å²) in [6, 6.07) is 10.2. The molecule has 0 radical (unpaired) electrons. The normalized spacial score (nSPS) is 18.6. The Morgan fingerprint density at radius 1 is 1.45 bits per heavy atom. The van der Waals surface area contributed by atoms with Crippen LogP contribution in [0.2, 0.25) is 0 Å². The van der Waals surface area contributed by atoms with E-state index in [2.05, 4.69) is 17.0 Å². The van der Waals surface area contributed by atoms with E-state index in [1.807, 2.05) is 25.1 Å². The average Bonchev–Trinajstić information content (AvgIpc) is 2.85. The molecule has 0 bridgehead atoms. The van der Waals surface area contributed by atoms with E-state index in [-0.39, 0.29) is 12.5 Å². The third kappa shape index (κ3) is 2.33. The van der Waals surface area contributed by atoms with Gasteiger partial charge in [0.25, 0.3) is 0 Å². The fourth-order valence-corrected chi connectivity index (χ4v) is 3.03. The summed E-state index contributed by atoms with van der Waals surface area (Å²) in [5.41, 5.74) is 2.08. The molecule has 3 rings (SSSR count). The van der Waals surface area contributed by atoms with E-state index in [4.69, 9.17) is 10.1 Å². The van der Waals surface area contributed by atoms with Crippen molar-refractivity contribution in [3.05, 3.63) is 35.9 Å². The van der Waals surface area contributed by atoms with Crippen LogP contribution in [0.1, 0.15) is 24.8 Å². The first kappa shape index (κ1) is 12.9. The number of aliphatic carboxylic acids is 1. The van der Waals surface area contributed by atoms with Crippen LogP contribution in [0.15, 0.2) is 30.3 Å². The maximum atomic E-state index is 11.0. The van der Waals surface area contributed by atoms with Crippen molar-refractivity contribution in [1.29, 1.82) is 0 Å². The lowest BCUT2D eigenvalue weighted by Gasteiger charge is -2.26. The van der Waals surface area contributed by atoms with Crippen LogP contribution in [0.3, 0.4) is 0 Å². The highest BCUT2D eigenvalue weighted by Crippen LogP contribution is 2.30. The van der Waals surface area contributed by atoms with Gasteiger partial charge in [0, 0.05) is 18.0 Å². The number of carboxylic acids is 1. The number of hydrogen-bond acceptors (Lipinski definition) is 3. The first-order valence-corrected chi connectivity index (χ1v) is 7.00. The Balaban J connectivity index is 2.00.